The van der Waals surface area contributed by atoms with Crippen LogP contribution in [0.5, 0.6) is 0 Å². The molecule has 0 aromatic rings. The molecule has 2 N–H and O–H groups in total. The molecule has 0 unspecified atom stereocenters. The highest BCUT2D eigenvalue weighted by molar-refractivity contribution is 8.76. The Morgan fingerprint density at radius 2 is 0.975 bits per heavy atom. The second-order valence-electron chi connectivity index (χ2n) is 10.7. The van der Waals surface area contributed by atoms with E-state index in [-0.39, 0.29) is 36.0 Å². The van der Waals surface area contributed by atoms with Crippen LogP contribution in [0.4, 0.5) is 9.59 Å². The maximum absolute atomic E-state index is 12.2. The van der Waals surface area contributed by atoms with Gasteiger partial charge in [-0.1, -0.05) is 60.1 Å². The SMILES string of the molecule is CCOC(=O)CC1(CNC(=O)OCCSSCCOC(=O)NCC2(CC(=O)OCC)CCCCC2)CCCCC1. The van der Waals surface area contributed by atoms with Crippen LogP contribution in [0.2, 0.25) is 0 Å². The molecule has 10 nitrogen and oxygen atoms in total. The number of amides is 2. The van der Waals surface area contributed by atoms with Gasteiger partial charge in [0.15, 0.2) is 0 Å². The van der Waals surface area contributed by atoms with Crippen molar-refractivity contribution in [3.63, 3.8) is 0 Å². The van der Waals surface area contributed by atoms with Crippen molar-refractivity contribution < 1.29 is 38.1 Å². The van der Waals surface area contributed by atoms with Gasteiger partial charge in [0.2, 0.25) is 0 Å². The van der Waals surface area contributed by atoms with Crippen LogP contribution in [0.3, 0.4) is 0 Å². The first-order valence-corrected chi connectivity index (χ1v) is 17.2. The van der Waals surface area contributed by atoms with Crippen LogP contribution in [0, 0.1) is 10.8 Å². The molecule has 0 aromatic carbocycles. The van der Waals surface area contributed by atoms with Gasteiger partial charge in [0.1, 0.15) is 13.2 Å². The smallest absolute Gasteiger partial charge is 0.407 e. The lowest BCUT2D eigenvalue weighted by molar-refractivity contribution is -0.147. The third kappa shape index (κ3) is 13.7. The van der Waals surface area contributed by atoms with Gasteiger partial charge >= 0.3 is 24.1 Å². The number of rotatable bonds is 17. The molecule has 0 spiro atoms. The summed E-state index contributed by atoms with van der Waals surface area (Å²) in [5.74, 6) is 0.789. The van der Waals surface area contributed by atoms with Gasteiger partial charge in [0.25, 0.3) is 0 Å². The number of hydrogen-bond acceptors (Lipinski definition) is 10. The van der Waals surface area contributed by atoms with Gasteiger partial charge in [-0.25, -0.2) is 9.59 Å². The van der Waals surface area contributed by atoms with Crippen LogP contribution >= 0.6 is 21.6 Å². The van der Waals surface area contributed by atoms with Crippen molar-refractivity contribution in [2.75, 3.05) is 51.0 Å². The van der Waals surface area contributed by atoms with Crippen LogP contribution < -0.4 is 10.6 Å². The highest BCUT2D eigenvalue weighted by atomic mass is 33.1. The Hall–Kier alpha value is -1.82. The fourth-order valence-corrected chi connectivity index (χ4v) is 7.20. The molecule has 0 heterocycles. The number of hydrogen-bond donors (Lipinski definition) is 2. The predicted molar refractivity (Wildman–Crippen MR) is 157 cm³/mol. The van der Waals surface area contributed by atoms with Crippen LogP contribution in [-0.2, 0) is 28.5 Å². The summed E-state index contributed by atoms with van der Waals surface area (Å²) in [5, 5.41) is 5.69. The lowest BCUT2D eigenvalue weighted by Gasteiger charge is -2.36. The molecule has 12 heteroatoms. The standard InChI is InChI=1S/C28H48N2O8S2/c1-3-35-23(31)19-27(11-7-5-8-12-27)21-29-25(33)37-15-17-39-40-18-16-38-26(34)30-22-28(13-9-6-10-14-28)20-24(32)36-4-2/h3-22H2,1-2H3,(H,29,33)(H,30,34). The van der Waals surface area contributed by atoms with Crippen molar-refractivity contribution in [3.05, 3.63) is 0 Å². The molecular formula is C28H48N2O8S2. The summed E-state index contributed by atoms with van der Waals surface area (Å²) >= 11 is 0. The second-order valence-corrected chi connectivity index (χ2v) is 13.4. The van der Waals surface area contributed by atoms with E-state index in [1.807, 2.05) is 0 Å². The van der Waals surface area contributed by atoms with Gasteiger partial charge in [0.05, 0.1) is 26.1 Å². The lowest BCUT2D eigenvalue weighted by atomic mass is 9.71. The zero-order valence-corrected chi connectivity index (χ0v) is 25.9. The summed E-state index contributed by atoms with van der Waals surface area (Å²) in [7, 11) is 3.08. The van der Waals surface area contributed by atoms with Crippen molar-refractivity contribution >= 4 is 45.7 Å². The van der Waals surface area contributed by atoms with Crippen molar-refractivity contribution in [1.82, 2.24) is 10.6 Å². The third-order valence-corrected chi connectivity index (χ3v) is 9.91. The van der Waals surface area contributed by atoms with Gasteiger partial charge in [-0.05, 0) is 50.4 Å². The highest BCUT2D eigenvalue weighted by Gasteiger charge is 2.36. The Balaban J connectivity index is 1.54. The summed E-state index contributed by atoms with van der Waals surface area (Å²) < 4.78 is 20.8. The molecule has 0 aromatic heterocycles. The summed E-state index contributed by atoms with van der Waals surface area (Å²) in [5.41, 5.74) is -0.503. The molecule has 0 saturated heterocycles. The minimum Gasteiger partial charge on any atom is -0.466 e. The van der Waals surface area contributed by atoms with Crippen LogP contribution in [0.1, 0.15) is 90.9 Å². The first-order valence-electron chi connectivity index (χ1n) is 14.7. The van der Waals surface area contributed by atoms with E-state index in [0.29, 0.717) is 50.7 Å². The molecule has 2 fully saturated rings. The molecule has 2 saturated carbocycles. The first-order chi connectivity index (χ1) is 19.3. The highest BCUT2D eigenvalue weighted by Crippen LogP contribution is 2.40. The Morgan fingerprint density at radius 1 is 0.600 bits per heavy atom. The molecule has 0 bridgehead atoms. The largest absolute Gasteiger partial charge is 0.466 e. The number of ether oxygens (including phenoxy) is 4. The fraction of sp³-hybridized carbons (Fsp3) is 0.857. The second kappa shape index (κ2) is 19.3. The van der Waals surface area contributed by atoms with E-state index in [2.05, 4.69) is 10.6 Å². The molecule has 0 radical (unpaired) electrons. The Labute approximate surface area is 246 Å². The van der Waals surface area contributed by atoms with E-state index in [1.54, 1.807) is 35.4 Å². The van der Waals surface area contributed by atoms with Gasteiger partial charge in [-0.15, -0.1) is 0 Å². The lowest BCUT2D eigenvalue weighted by Crippen LogP contribution is -2.41. The van der Waals surface area contributed by atoms with Gasteiger partial charge in [-0.3, -0.25) is 9.59 Å². The average Bonchev–Trinajstić information content (AvgIpc) is 2.93. The molecule has 2 amide bonds. The monoisotopic (exact) mass is 604 g/mol. The van der Waals surface area contributed by atoms with Crippen LogP contribution in [0.15, 0.2) is 0 Å². The third-order valence-electron chi connectivity index (χ3n) is 7.58. The zero-order valence-electron chi connectivity index (χ0n) is 24.2. The minimum absolute atomic E-state index is 0.211. The van der Waals surface area contributed by atoms with E-state index in [0.717, 1.165) is 64.2 Å². The van der Waals surface area contributed by atoms with E-state index >= 15 is 0 Å². The van der Waals surface area contributed by atoms with E-state index < -0.39 is 12.2 Å². The molecular weight excluding hydrogens is 556 g/mol. The van der Waals surface area contributed by atoms with Crippen molar-refractivity contribution in [2.24, 2.45) is 10.8 Å². The number of carbonyl (C=O) groups excluding carboxylic acids is 4. The van der Waals surface area contributed by atoms with Crippen LogP contribution in [-0.4, -0.2) is 75.1 Å². The number of carbonyl (C=O) groups is 4. The summed E-state index contributed by atoms with van der Waals surface area (Å²) in [4.78, 5) is 48.5. The quantitative estimate of drug-likeness (QED) is 0.0933. The van der Waals surface area contributed by atoms with E-state index in [9.17, 15) is 19.2 Å². The normalized spacial score (nSPS) is 17.8. The molecule has 2 aliphatic rings. The Kier molecular flexibility index (Phi) is 16.6. The van der Waals surface area contributed by atoms with Gasteiger partial charge < -0.3 is 29.6 Å². The Bertz CT molecular complexity index is 722. The number of nitrogens with one attached hydrogen (secondary N) is 2. The molecule has 230 valence electrons. The van der Waals surface area contributed by atoms with Crippen molar-refractivity contribution in [1.29, 1.82) is 0 Å². The maximum atomic E-state index is 12.2. The van der Waals surface area contributed by atoms with Gasteiger partial charge in [-0.2, -0.15) is 0 Å². The summed E-state index contributed by atoms with van der Waals surface area (Å²) in [6, 6.07) is 0. The minimum atomic E-state index is -0.474. The number of esters is 2. The molecule has 2 aliphatic carbocycles. The maximum Gasteiger partial charge on any atom is 0.407 e. The zero-order chi connectivity index (χ0) is 29.1. The predicted octanol–water partition coefficient (Wildman–Crippen LogP) is 5.63. The van der Waals surface area contributed by atoms with E-state index in [4.69, 9.17) is 18.9 Å². The molecule has 0 atom stereocenters. The summed E-state index contributed by atoms with van der Waals surface area (Å²) in [6.45, 7) is 5.66. The molecule has 0 aliphatic heterocycles. The Morgan fingerprint density at radius 3 is 1.32 bits per heavy atom. The average molecular weight is 605 g/mol. The van der Waals surface area contributed by atoms with Crippen molar-refractivity contribution in [2.45, 2.75) is 90.9 Å². The van der Waals surface area contributed by atoms with Crippen molar-refractivity contribution in [3.8, 4) is 0 Å². The first kappa shape index (κ1) is 34.4. The fourth-order valence-electron chi connectivity index (χ4n) is 5.55. The topological polar surface area (TPSA) is 129 Å². The molecule has 40 heavy (non-hydrogen) atoms. The summed E-state index contributed by atoms with van der Waals surface area (Å²) in [6.07, 6.45) is 9.77. The van der Waals surface area contributed by atoms with E-state index in [1.165, 1.54) is 0 Å². The van der Waals surface area contributed by atoms with Gasteiger partial charge in [0, 0.05) is 24.6 Å². The van der Waals surface area contributed by atoms with Crippen LogP contribution in [0.25, 0.3) is 0 Å². The number of alkyl carbamates (subject to hydrolysis) is 2. The molecule has 2 rings (SSSR count).